The van der Waals surface area contributed by atoms with Crippen molar-refractivity contribution >= 4 is 22.9 Å². The minimum absolute atomic E-state index is 0.479. The summed E-state index contributed by atoms with van der Waals surface area (Å²) in [5, 5.41) is 0. The number of alkyl halides is 1. The Hall–Kier alpha value is -0.990. The minimum atomic E-state index is 0.479. The fraction of sp³-hybridized carbons (Fsp3) is 0.412. The van der Waals surface area contributed by atoms with Crippen LogP contribution in [0.2, 0.25) is 0 Å². The van der Waals surface area contributed by atoms with Gasteiger partial charge < -0.3 is 4.74 Å². The molecule has 108 valence electrons. The van der Waals surface area contributed by atoms with E-state index in [1.165, 1.54) is 15.3 Å². The summed E-state index contributed by atoms with van der Waals surface area (Å²) >= 11 is 8.07. The molecule has 0 saturated heterocycles. The van der Waals surface area contributed by atoms with Gasteiger partial charge in [-0.05, 0) is 55.0 Å². The number of aryl methyl sites for hydroxylation is 1. The first-order valence-corrected chi connectivity index (χ1v) is 8.36. The zero-order chi connectivity index (χ0) is 14.4. The van der Waals surface area contributed by atoms with Crippen LogP contribution in [0.25, 0.3) is 0 Å². The van der Waals surface area contributed by atoms with Crippen LogP contribution in [0.4, 0.5) is 0 Å². The molecule has 1 aromatic heterocycles. The monoisotopic (exact) mass is 308 g/mol. The Morgan fingerprint density at radius 3 is 2.60 bits per heavy atom. The van der Waals surface area contributed by atoms with E-state index in [2.05, 4.69) is 31.2 Å². The first-order valence-electron chi connectivity index (χ1n) is 7.01. The molecule has 0 fully saturated rings. The molecule has 1 nitrogen and oxygen atoms in total. The molecule has 1 heterocycles. The number of thiophene rings is 1. The van der Waals surface area contributed by atoms with Gasteiger partial charge in [0, 0.05) is 15.6 Å². The molecule has 0 aliphatic heterocycles. The minimum Gasteiger partial charge on any atom is -0.497 e. The second-order valence-electron chi connectivity index (χ2n) is 5.00. The second-order valence-corrected chi connectivity index (χ2v) is 6.56. The van der Waals surface area contributed by atoms with Crippen molar-refractivity contribution in [3.8, 4) is 5.75 Å². The lowest BCUT2D eigenvalue weighted by molar-refractivity contribution is 0.414. The molecule has 2 rings (SSSR count). The molecule has 0 N–H and O–H groups in total. The summed E-state index contributed by atoms with van der Waals surface area (Å²) in [6.45, 7) is 2.20. The van der Waals surface area contributed by atoms with E-state index in [0.29, 0.717) is 11.8 Å². The number of halogens is 1. The number of ether oxygens (including phenoxy) is 1. The lowest BCUT2D eigenvalue weighted by Gasteiger charge is -2.13. The van der Waals surface area contributed by atoms with E-state index < -0.39 is 0 Å². The Morgan fingerprint density at radius 1 is 1.15 bits per heavy atom. The van der Waals surface area contributed by atoms with Crippen LogP contribution in [0.3, 0.4) is 0 Å². The topological polar surface area (TPSA) is 9.23 Å². The normalized spacial score (nSPS) is 12.3. The lowest BCUT2D eigenvalue weighted by atomic mass is 9.97. The number of hydrogen-bond donors (Lipinski definition) is 0. The van der Waals surface area contributed by atoms with E-state index in [-0.39, 0.29) is 0 Å². The highest BCUT2D eigenvalue weighted by Gasteiger charge is 2.12. The molecule has 20 heavy (non-hydrogen) atoms. The van der Waals surface area contributed by atoms with Crippen LogP contribution >= 0.6 is 22.9 Å². The van der Waals surface area contributed by atoms with E-state index in [4.69, 9.17) is 16.3 Å². The molecule has 1 unspecified atom stereocenters. The molecule has 0 aliphatic rings. The molecule has 0 bridgehead atoms. The van der Waals surface area contributed by atoms with E-state index >= 15 is 0 Å². The highest BCUT2D eigenvalue weighted by Crippen LogP contribution is 2.24. The first kappa shape index (κ1) is 15.4. The molecule has 1 aromatic carbocycles. The maximum atomic E-state index is 6.16. The van der Waals surface area contributed by atoms with Gasteiger partial charge in [0.15, 0.2) is 0 Å². The summed E-state index contributed by atoms with van der Waals surface area (Å²) in [6, 6.07) is 12.7. The van der Waals surface area contributed by atoms with E-state index in [1.54, 1.807) is 7.11 Å². The average Bonchev–Trinajstić information content (AvgIpc) is 2.94. The van der Waals surface area contributed by atoms with Crippen LogP contribution in [-0.4, -0.2) is 13.0 Å². The van der Waals surface area contributed by atoms with Gasteiger partial charge in [-0.15, -0.1) is 22.9 Å². The van der Waals surface area contributed by atoms with Crippen molar-refractivity contribution in [2.75, 3.05) is 13.0 Å². The highest BCUT2D eigenvalue weighted by molar-refractivity contribution is 7.11. The van der Waals surface area contributed by atoms with Gasteiger partial charge >= 0.3 is 0 Å². The average molecular weight is 309 g/mol. The Bertz CT molecular complexity index is 535. The van der Waals surface area contributed by atoms with E-state index in [0.717, 1.165) is 25.0 Å². The van der Waals surface area contributed by atoms with Crippen molar-refractivity contribution in [1.29, 1.82) is 0 Å². The summed E-state index contributed by atoms with van der Waals surface area (Å²) in [5.74, 6) is 2.09. The van der Waals surface area contributed by atoms with Gasteiger partial charge in [0.05, 0.1) is 7.11 Å². The van der Waals surface area contributed by atoms with Crippen molar-refractivity contribution in [3.63, 3.8) is 0 Å². The number of benzene rings is 1. The molecule has 0 amide bonds. The van der Waals surface area contributed by atoms with Crippen LogP contribution in [0.5, 0.6) is 5.75 Å². The molecule has 0 saturated carbocycles. The molecule has 0 spiro atoms. The highest BCUT2D eigenvalue weighted by atomic mass is 35.5. The standard InChI is InChI=1S/C17H21ClOS/c1-3-16-7-8-17(20-16)11-14(12-18)9-13-5-4-6-15(10-13)19-2/h4-8,10,14H,3,9,11-12H2,1-2H3. The predicted molar refractivity (Wildman–Crippen MR) is 88.3 cm³/mol. The Labute approximate surface area is 130 Å². The third-order valence-electron chi connectivity index (χ3n) is 3.43. The van der Waals surface area contributed by atoms with Gasteiger partial charge in [-0.2, -0.15) is 0 Å². The van der Waals surface area contributed by atoms with E-state index in [1.807, 2.05) is 23.5 Å². The Morgan fingerprint density at radius 2 is 1.95 bits per heavy atom. The predicted octanol–water partition coefficient (Wildman–Crippen LogP) is 4.96. The second kappa shape index (κ2) is 7.70. The quantitative estimate of drug-likeness (QED) is 0.657. The molecule has 0 aliphatic carbocycles. The number of methoxy groups -OCH3 is 1. The molecule has 2 aromatic rings. The van der Waals surface area contributed by atoms with Gasteiger partial charge in [0.1, 0.15) is 5.75 Å². The Balaban J connectivity index is 2.00. The van der Waals surface area contributed by atoms with Crippen LogP contribution in [-0.2, 0) is 19.3 Å². The van der Waals surface area contributed by atoms with Gasteiger partial charge in [0.25, 0.3) is 0 Å². The largest absolute Gasteiger partial charge is 0.497 e. The molecular weight excluding hydrogens is 288 g/mol. The molecule has 0 radical (unpaired) electrons. The maximum absolute atomic E-state index is 6.16. The smallest absolute Gasteiger partial charge is 0.119 e. The fourth-order valence-electron chi connectivity index (χ4n) is 2.32. The third-order valence-corrected chi connectivity index (χ3v) is 5.12. The molecular formula is C17H21ClOS. The zero-order valence-corrected chi connectivity index (χ0v) is 13.6. The summed E-state index contributed by atoms with van der Waals surface area (Å²) in [4.78, 5) is 2.89. The SMILES string of the molecule is CCc1ccc(CC(CCl)Cc2cccc(OC)c2)s1. The van der Waals surface area contributed by atoms with Crippen molar-refractivity contribution in [2.45, 2.75) is 26.2 Å². The lowest BCUT2D eigenvalue weighted by Crippen LogP contribution is -2.09. The Kier molecular flexibility index (Phi) is 5.93. The summed E-state index contributed by atoms with van der Waals surface area (Å²) in [7, 11) is 1.70. The van der Waals surface area contributed by atoms with Crippen molar-refractivity contribution < 1.29 is 4.74 Å². The molecule has 3 heteroatoms. The van der Waals surface area contributed by atoms with E-state index in [9.17, 15) is 0 Å². The van der Waals surface area contributed by atoms with Crippen LogP contribution in [0.15, 0.2) is 36.4 Å². The van der Waals surface area contributed by atoms with Crippen LogP contribution in [0, 0.1) is 5.92 Å². The van der Waals surface area contributed by atoms with Gasteiger partial charge in [-0.25, -0.2) is 0 Å². The number of rotatable bonds is 7. The maximum Gasteiger partial charge on any atom is 0.119 e. The molecule has 1 atom stereocenters. The van der Waals surface area contributed by atoms with Gasteiger partial charge in [-0.1, -0.05) is 19.1 Å². The van der Waals surface area contributed by atoms with Crippen molar-refractivity contribution in [1.82, 2.24) is 0 Å². The van der Waals surface area contributed by atoms with Crippen LogP contribution < -0.4 is 4.74 Å². The first-order chi connectivity index (χ1) is 9.75. The fourth-order valence-corrected chi connectivity index (χ4v) is 3.61. The summed E-state index contributed by atoms with van der Waals surface area (Å²) in [6.07, 6.45) is 3.18. The van der Waals surface area contributed by atoms with Crippen molar-refractivity contribution in [3.05, 3.63) is 51.7 Å². The van der Waals surface area contributed by atoms with Gasteiger partial charge in [0.2, 0.25) is 0 Å². The van der Waals surface area contributed by atoms with Crippen molar-refractivity contribution in [2.24, 2.45) is 5.92 Å². The number of hydrogen-bond acceptors (Lipinski definition) is 2. The zero-order valence-electron chi connectivity index (χ0n) is 12.1. The third kappa shape index (κ3) is 4.26. The summed E-state index contributed by atoms with van der Waals surface area (Å²) in [5.41, 5.74) is 1.29. The van der Waals surface area contributed by atoms with Gasteiger partial charge in [-0.3, -0.25) is 0 Å². The van der Waals surface area contributed by atoms with Crippen LogP contribution in [0.1, 0.15) is 22.2 Å². The summed E-state index contributed by atoms with van der Waals surface area (Å²) < 4.78 is 5.28.